The lowest BCUT2D eigenvalue weighted by Gasteiger charge is -2.30. The topological polar surface area (TPSA) is 75.6 Å². The lowest BCUT2D eigenvalue weighted by atomic mass is 9.93. The van der Waals surface area contributed by atoms with Gasteiger partial charge in [0.1, 0.15) is 0 Å². The molecule has 0 fully saturated rings. The fraction of sp³-hybridized carbons (Fsp3) is 0.529. The molecule has 1 aromatic rings. The van der Waals surface area contributed by atoms with E-state index in [9.17, 15) is 9.59 Å². The van der Waals surface area contributed by atoms with Crippen LogP contribution in [0.3, 0.4) is 0 Å². The average molecular weight is 386 g/mol. The average Bonchev–Trinajstić information content (AvgIpc) is 2.43. The quantitative estimate of drug-likeness (QED) is 0.684. The standard InChI is InChI=1S/C17H24BrNO4/c1-4-13(8-12-6-5-7-14(18)9-12)16(22)19-17(2,11-23-3)10-15(20)21/h5-7,9,13H,4,8,10-11H2,1-3H3,(H,19,22)(H,20,21). The monoisotopic (exact) mass is 385 g/mol. The van der Waals surface area contributed by atoms with Crippen LogP contribution in [0, 0.1) is 5.92 Å². The van der Waals surface area contributed by atoms with Gasteiger partial charge in [-0.15, -0.1) is 0 Å². The highest BCUT2D eigenvalue weighted by Crippen LogP contribution is 2.19. The lowest BCUT2D eigenvalue weighted by molar-refractivity contribution is -0.140. The van der Waals surface area contributed by atoms with Gasteiger partial charge in [-0.1, -0.05) is 35.0 Å². The number of carbonyl (C=O) groups excluding carboxylic acids is 1. The first-order valence-corrected chi connectivity index (χ1v) is 8.36. The molecule has 0 spiro atoms. The molecule has 0 saturated heterocycles. The third kappa shape index (κ3) is 6.71. The van der Waals surface area contributed by atoms with E-state index in [-0.39, 0.29) is 24.9 Å². The summed E-state index contributed by atoms with van der Waals surface area (Å²) in [4.78, 5) is 23.6. The van der Waals surface area contributed by atoms with Crippen LogP contribution in [0.2, 0.25) is 0 Å². The Balaban J connectivity index is 2.80. The Morgan fingerprint density at radius 2 is 2.13 bits per heavy atom. The summed E-state index contributed by atoms with van der Waals surface area (Å²) in [5, 5.41) is 11.9. The molecule has 1 aromatic carbocycles. The van der Waals surface area contributed by atoms with Crippen LogP contribution in [-0.4, -0.2) is 36.2 Å². The third-order valence-corrected chi connectivity index (χ3v) is 4.16. The van der Waals surface area contributed by atoms with Gasteiger partial charge in [0.15, 0.2) is 0 Å². The van der Waals surface area contributed by atoms with Crippen molar-refractivity contribution < 1.29 is 19.4 Å². The van der Waals surface area contributed by atoms with Gasteiger partial charge in [-0.05, 0) is 37.5 Å². The van der Waals surface area contributed by atoms with Crippen molar-refractivity contribution in [1.29, 1.82) is 0 Å². The molecular formula is C17H24BrNO4. The van der Waals surface area contributed by atoms with Gasteiger partial charge in [-0.25, -0.2) is 0 Å². The van der Waals surface area contributed by atoms with Gasteiger partial charge in [0, 0.05) is 17.5 Å². The zero-order valence-corrected chi connectivity index (χ0v) is 15.4. The largest absolute Gasteiger partial charge is 0.481 e. The highest BCUT2D eigenvalue weighted by Gasteiger charge is 2.31. The van der Waals surface area contributed by atoms with Crippen LogP contribution in [0.4, 0.5) is 0 Å². The smallest absolute Gasteiger partial charge is 0.305 e. The van der Waals surface area contributed by atoms with Gasteiger partial charge in [0.05, 0.1) is 18.6 Å². The Morgan fingerprint density at radius 3 is 2.65 bits per heavy atom. The molecule has 5 nitrogen and oxygen atoms in total. The molecule has 0 saturated carbocycles. The Hall–Kier alpha value is -1.40. The normalized spacial score (nSPS) is 14.8. The molecule has 0 aromatic heterocycles. The van der Waals surface area contributed by atoms with Crippen molar-refractivity contribution in [1.82, 2.24) is 5.32 Å². The predicted octanol–water partition coefficient (Wildman–Crippen LogP) is 3.01. The minimum atomic E-state index is -0.968. The number of methoxy groups -OCH3 is 1. The molecule has 2 unspecified atom stereocenters. The molecule has 0 aliphatic heterocycles. The second-order valence-electron chi connectivity index (χ2n) is 5.99. The second kappa shape index (κ2) is 9.03. The summed E-state index contributed by atoms with van der Waals surface area (Å²) in [5.74, 6) is -1.33. The highest BCUT2D eigenvalue weighted by molar-refractivity contribution is 9.10. The van der Waals surface area contributed by atoms with Crippen molar-refractivity contribution in [3.63, 3.8) is 0 Å². The van der Waals surface area contributed by atoms with Gasteiger partial charge in [0.2, 0.25) is 5.91 Å². The molecule has 0 radical (unpaired) electrons. The third-order valence-electron chi connectivity index (χ3n) is 3.66. The van der Waals surface area contributed by atoms with Gasteiger partial charge in [0.25, 0.3) is 0 Å². The molecule has 6 heteroatoms. The summed E-state index contributed by atoms with van der Waals surface area (Å²) in [7, 11) is 1.49. The van der Waals surface area contributed by atoms with Crippen molar-refractivity contribution in [3.8, 4) is 0 Å². The molecule has 23 heavy (non-hydrogen) atoms. The summed E-state index contributed by atoms with van der Waals surface area (Å²) in [5.41, 5.74) is 0.149. The van der Waals surface area contributed by atoms with E-state index in [1.54, 1.807) is 6.92 Å². The fourth-order valence-corrected chi connectivity index (χ4v) is 3.00. The number of nitrogens with one attached hydrogen (secondary N) is 1. The van der Waals surface area contributed by atoms with E-state index in [0.29, 0.717) is 12.8 Å². The van der Waals surface area contributed by atoms with Gasteiger partial charge >= 0.3 is 5.97 Å². The molecule has 128 valence electrons. The molecular weight excluding hydrogens is 362 g/mol. The first kappa shape index (κ1) is 19.6. The van der Waals surface area contributed by atoms with E-state index in [1.165, 1.54) is 7.11 Å². The van der Waals surface area contributed by atoms with E-state index >= 15 is 0 Å². The number of carboxylic acid groups (broad SMARTS) is 1. The number of amides is 1. The van der Waals surface area contributed by atoms with Crippen molar-refractivity contribution in [2.75, 3.05) is 13.7 Å². The van der Waals surface area contributed by atoms with Crippen LogP contribution >= 0.6 is 15.9 Å². The SMILES string of the molecule is CCC(Cc1cccc(Br)c1)C(=O)NC(C)(COC)CC(=O)O. The fourth-order valence-electron chi connectivity index (χ4n) is 2.55. The number of carbonyl (C=O) groups is 2. The number of ether oxygens (including phenoxy) is 1. The van der Waals surface area contributed by atoms with Crippen molar-refractivity contribution in [3.05, 3.63) is 34.3 Å². The highest BCUT2D eigenvalue weighted by atomic mass is 79.9. The number of aliphatic carboxylic acids is 1. The van der Waals surface area contributed by atoms with Crippen LogP contribution < -0.4 is 5.32 Å². The second-order valence-corrected chi connectivity index (χ2v) is 6.91. The maximum absolute atomic E-state index is 12.6. The first-order chi connectivity index (χ1) is 10.8. The molecule has 0 heterocycles. The predicted molar refractivity (Wildman–Crippen MR) is 92.3 cm³/mol. The van der Waals surface area contributed by atoms with Crippen molar-refractivity contribution in [2.24, 2.45) is 5.92 Å². The molecule has 1 amide bonds. The maximum atomic E-state index is 12.6. The summed E-state index contributed by atoms with van der Waals surface area (Å²) in [6, 6.07) is 7.84. The van der Waals surface area contributed by atoms with E-state index in [4.69, 9.17) is 9.84 Å². The zero-order valence-electron chi connectivity index (χ0n) is 13.8. The Morgan fingerprint density at radius 1 is 1.43 bits per heavy atom. The van der Waals surface area contributed by atoms with Crippen LogP contribution in [0.25, 0.3) is 0 Å². The number of carboxylic acids is 1. The number of hydrogen-bond donors (Lipinski definition) is 2. The maximum Gasteiger partial charge on any atom is 0.305 e. The van der Waals surface area contributed by atoms with E-state index in [2.05, 4.69) is 21.2 Å². The molecule has 2 N–H and O–H groups in total. The zero-order chi connectivity index (χ0) is 17.5. The van der Waals surface area contributed by atoms with Crippen molar-refractivity contribution in [2.45, 2.75) is 38.6 Å². The Bertz CT molecular complexity index is 549. The lowest BCUT2D eigenvalue weighted by Crippen LogP contribution is -2.52. The number of benzene rings is 1. The number of rotatable bonds is 9. The van der Waals surface area contributed by atoms with Crippen LogP contribution in [0.5, 0.6) is 0 Å². The minimum absolute atomic E-state index is 0.145. The summed E-state index contributed by atoms with van der Waals surface area (Å²) >= 11 is 3.43. The van der Waals surface area contributed by atoms with Gasteiger partial charge in [-0.2, -0.15) is 0 Å². The van der Waals surface area contributed by atoms with E-state index in [0.717, 1.165) is 10.0 Å². The number of hydrogen-bond acceptors (Lipinski definition) is 3. The molecule has 0 aliphatic carbocycles. The van der Waals surface area contributed by atoms with Crippen LogP contribution in [0.1, 0.15) is 32.3 Å². The van der Waals surface area contributed by atoms with Gasteiger partial charge in [-0.3, -0.25) is 9.59 Å². The van der Waals surface area contributed by atoms with Crippen LogP contribution in [-0.2, 0) is 20.7 Å². The number of halogens is 1. The Kier molecular flexibility index (Phi) is 7.72. The Labute approximate surface area is 145 Å². The van der Waals surface area contributed by atoms with Crippen LogP contribution in [0.15, 0.2) is 28.7 Å². The van der Waals surface area contributed by atoms with Crippen molar-refractivity contribution >= 4 is 27.8 Å². The van der Waals surface area contributed by atoms with E-state index < -0.39 is 11.5 Å². The molecule has 1 rings (SSSR count). The summed E-state index contributed by atoms with van der Waals surface area (Å²) in [6.45, 7) is 3.79. The molecule has 0 bridgehead atoms. The summed E-state index contributed by atoms with van der Waals surface area (Å²) in [6.07, 6.45) is 1.10. The molecule has 0 aliphatic rings. The summed E-state index contributed by atoms with van der Waals surface area (Å²) < 4.78 is 6.04. The minimum Gasteiger partial charge on any atom is -0.481 e. The first-order valence-electron chi connectivity index (χ1n) is 7.57. The van der Waals surface area contributed by atoms with E-state index in [1.807, 2.05) is 31.2 Å². The molecule has 2 atom stereocenters. The van der Waals surface area contributed by atoms with Gasteiger partial charge < -0.3 is 15.2 Å².